The number of carbonyl (C=O) groups is 1. The molecule has 0 N–H and O–H groups in total. The average molecular weight is 300 g/mol. The average Bonchev–Trinajstić information content (AvgIpc) is 3.21. The maximum atomic E-state index is 11.1. The topological polar surface area (TPSA) is 60.2 Å². The van der Waals surface area contributed by atoms with Crippen molar-refractivity contribution in [3.63, 3.8) is 0 Å². The van der Waals surface area contributed by atoms with Gasteiger partial charge in [0.1, 0.15) is 18.1 Å². The number of para-hydroxylation sites is 1. The molecule has 0 atom stereocenters. The Hall–Kier alpha value is -2.21. The van der Waals surface area contributed by atoms with Crippen LogP contribution in [0.1, 0.15) is 29.0 Å². The van der Waals surface area contributed by atoms with Gasteiger partial charge < -0.3 is 9.64 Å². The van der Waals surface area contributed by atoms with Crippen LogP contribution in [-0.4, -0.2) is 45.8 Å². The molecule has 0 unspecified atom stereocenters. The van der Waals surface area contributed by atoms with E-state index in [9.17, 15) is 4.79 Å². The molecule has 1 aromatic heterocycles. The van der Waals surface area contributed by atoms with Gasteiger partial charge in [0.15, 0.2) is 12.0 Å². The van der Waals surface area contributed by atoms with Gasteiger partial charge in [-0.1, -0.05) is 23.4 Å². The molecule has 3 rings (SSSR count). The smallest absolute Gasteiger partial charge is 0.172 e. The summed E-state index contributed by atoms with van der Waals surface area (Å²) in [5.74, 6) is 0.770. The molecular formula is C16H20N4O2. The van der Waals surface area contributed by atoms with E-state index in [0.717, 1.165) is 43.9 Å². The third-order valence-corrected chi connectivity index (χ3v) is 3.92. The molecule has 0 spiro atoms. The van der Waals surface area contributed by atoms with Gasteiger partial charge in [0, 0.05) is 6.54 Å². The molecule has 22 heavy (non-hydrogen) atoms. The summed E-state index contributed by atoms with van der Waals surface area (Å²) in [6.07, 6.45) is 3.27. The number of carbonyl (C=O) groups excluding carboxylic acids is 1. The van der Waals surface area contributed by atoms with Crippen LogP contribution in [0.3, 0.4) is 0 Å². The molecule has 1 fully saturated rings. The van der Waals surface area contributed by atoms with Crippen molar-refractivity contribution in [3.8, 4) is 5.75 Å². The number of hydrogen-bond donors (Lipinski definition) is 0. The van der Waals surface area contributed by atoms with Crippen molar-refractivity contribution in [2.75, 3.05) is 19.6 Å². The fraction of sp³-hybridized carbons (Fsp3) is 0.438. The van der Waals surface area contributed by atoms with Gasteiger partial charge >= 0.3 is 0 Å². The number of ether oxygens (including phenoxy) is 1. The van der Waals surface area contributed by atoms with E-state index in [1.165, 1.54) is 12.8 Å². The standard InChI is InChI=1S/C16H20N4O2/c21-12-15-16(13-22-14-6-2-1-3-7-14)20(18-17-15)11-10-19-8-4-5-9-19/h1-3,6-7,12H,4-5,8-11,13H2. The van der Waals surface area contributed by atoms with E-state index < -0.39 is 0 Å². The maximum Gasteiger partial charge on any atom is 0.172 e. The van der Waals surface area contributed by atoms with Gasteiger partial charge in [-0.2, -0.15) is 0 Å². The van der Waals surface area contributed by atoms with E-state index in [1.54, 1.807) is 4.68 Å². The first kappa shape index (κ1) is 14.7. The van der Waals surface area contributed by atoms with Crippen molar-refractivity contribution in [2.24, 2.45) is 0 Å². The summed E-state index contributed by atoms with van der Waals surface area (Å²) < 4.78 is 7.51. The van der Waals surface area contributed by atoms with Gasteiger partial charge in [-0.05, 0) is 38.1 Å². The molecule has 2 heterocycles. The van der Waals surface area contributed by atoms with Gasteiger partial charge in [-0.25, -0.2) is 4.68 Å². The van der Waals surface area contributed by atoms with Crippen LogP contribution in [0.15, 0.2) is 30.3 Å². The van der Waals surface area contributed by atoms with Crippen LogP contribution in [0.5, 0.6) is 5.75 Å². The van der Waals surface area contributed by atoms with E-state index in [1.807, 2.05) is 30.3 Å². The highest BCUT2D eigenvalue weighted by atomic mass is 16.5. The van der Waals surface area contributed by atoms with Gasteiger partial charge in [-0.3, -0.25) is 4.79 Å². The van der Waals surface area contributed by atoms with Crippen molar-refractivity contribution in [1.29, 1.82) is 0 Å². The van der Waals surface area contributed by atoms with Crippen molar-refractivity contribution in [1.82, 2.24) is 19.9 Å². The Balaban J connectivity index is 1.65. The Kier molecular flexibility index (Phi) is 4.80. The van der Waals surface area contributed by atoms with Crippen molar-refractivity contribution < 1.29 is 9.53 Å². The highest BCUT2D eigenvalue weighted by Gasteiger charge is 2.16. The number of nitrogens with zero attached hydrogens (tertiary/aromatic N) is 4. The summed E-state index contributed by atoms with van der Waals surface area (Å²) in [4.78, 5) is 13.5. The van der Waals surface area contributed by atoms with Crippen LogP contribution >= 0.6 is 0 Å². The quantitative estimate of drug-likeness (QED) is 0.729. The molecule has 0 radical (unpaired) electrons. The first-order valence-electron chi connectivity index (χ1n) is 7.64. The SMILES string of the molecule is O=Cc1nnn(CCN2CCCC2)c1COc1ccccc1. The molecule has 0 amide bonds. The second-order valence-corrected chi connectivity index (χ2v) is 5.41. The molecule has 1 aromatic carbocycles. The summed E-state index contributed by atoms with van der Waals surface area (Å²) in [5.41, 5.74) is 1.09. The summed E-state index contributed by atoms with van der Waals surface area (Å²) in [6, 6.07) is 9.54. The van der Waals surface area contributed by atoms with E-state index in [-0.39, 0.29) is 0 Å². The Labute approximate surface area is 129 Å². The molecule has 1 saturated heterocycles. The van der Waals surface area contributed by atoms with E-state index in [0.29, 0.717) is 12.3 Å². The van der Waals surface area contributed by atoms with Crippen molar-refractivity contribution in [2.45, 2.75) is 26.0 Å². The lowest BCUT2D eigenvalue weighted by Crippen LogP contribution is -2.25. The summed E-state index contributed by atoms with van der Waals surface area (Å²) in [5, 5.41) is 8.03. The molecular weight excluding hydrogens is 280 g/mol. The van der Waals surface area contributed by atoms with Crippen molar-refractivity contribution >= 4 is 6.29 Å². The van der Waals surface area contributed by atoms with Gasteiger partial charge in [-0.15, -0.1) is 5.10 Å². The zero-order chi connectivity index (χ0) is 15.2. The number of hydrogen-bond acceptors (Lipinski definition) is 5. The lowest BCUT2D eigenvalue weighted by atomic mass is 10.3. The number of aldehydes is 1. The monoisotopic (exact) mass is 300 g/mol. The third-order valence-electron chi connectivity index (χ3n) is 3.92. The molecule has 1 aliphatic heterocycles. The first-order chi connectivity index (χ1) is 10.9. The fourth-order valence-corrected chi connectivity index (χ4v) is 2.68. The molecule has 0 bridgehead atoms. The van der Waals surface area contributed by atoms with Crippen LogP contribution in [0.2, 0.25) is 0 Å². The Morgan fingerprint density at radius 3 is 2.64 bits per heavy atom. The number of benzene rings is 1. The van der Waals surface area contributed by atoms with Gasteiger partial charge in [0.2, 0.25) is 0 Å². The lowest BCUT2D eigenvalue weighted by Gasteiger charge is -2.15. The minimum absolute atomic E-state index is 0.297. The van der Waals surface area contributed by atoms with Crippen LogP contribution in [-0.2, 0) is 13.2 Å². The van der Waals surface area contributed by atoms with Gasteiger partial charge in [0.25, 0.3) is 0 Å². The van der Waals surface area contributed by atoms with E-state index >= 15 is 0 Å². The highest BCUT2D eigenvalue weighted by Crippen LogP contribution is 2.13. The fourth-order valence-electron chi connectivity index (χ4n) is 2.68. The highest BCUT2D eigenvalue weighted by molar-refractivity contribution is 5.73. The Bertz CT molecular complexity index is 606. The lowest BCUT2D eigenvalue weighted by molar-refractivity contribution is 0.111. The number of likely N-dealkylation sites (tertiary alicyclic amines) is 1. The second-order valence-electron chi connectivity index (χ2n) is 5.41. The molecule has 6 heteroatoms. The first-order valence-corrected chi connectivity index (χ1v) is 7.64. The predicted octanol–water partition coefficient (Wildman–Crippen LogP) is 1.77. The molecule has 2 aromatic rings. The molecule has 0 saturated carbocycles. The largest absolute Gasteiger partial charge is 0.487 e. The second kappa shape index (κ2) is 7.17. The Morgan fingerprint density at radius 2 is 1.91 bits per heavy atom. The molecule has 0 aliphatic carbocycles. The summed E-state index contributed by atoms with van der Waals surface area (Å²) in [7, 11) is 0. The third kappa shape index (κ3) is 3.51. The summed E-state index contributed by atoms with van der Waals surface area (Å²) in [6.45, 7) is 4.25. The van der Waals surface area contributed by atoms with E-state index in [2.05, 4.69) is 15.2 Å². The summed E-state index contributed by atoms with van der Waals surface area (Å²) >= 11 is 0. The normalized spacial score (nSPS) is 15.1. The van der Waals surface area contributed by atoms with Crippen LogP contribution < -0.4 is 4.74 Å². The number of rotatable bonds is 7. The molecule has 1 aliphatic rings. The predicted molar refractivity (Wildman–Crippen MR) is 81.9 cm³/mol. The molecule has 116 valence electrons. The van der Waals surface area contributed by atoms with Crippen LogP contribution in [0, 0.1) is 0 Å². The minimum Gasteiger partial charge on any atom is -0.487 e. The van der Waals surface area contributed by atoms with Crippen LogP contribution in [0.4, 0.5) is 0 Å². The Morgan fingerprint density at radius 1 is 1.14 bits per heavy atom. The molecule has 6 nitrogen and oxygen atoms in total. The minimum atomic E-state index is 0.297. The maximum absolute atomic E-state index is 11.1. The van der Waals surface area contributed by atoms with Crippen molar-refractivity contribution in [3.05, 3.63) is 41.7 Å². The zero-order valence-electron chi connectivity index (χ0n) is 12.5. The van der Waals surface area contributed by atoms with Gasteiger partial charge in [0.05, 0.1) is 6.54 Å². The zero-order valence-corrected chi connectivity index (χ0v) is 12.5. The number of aromatic nitrogens is 3. The van der Waals surface area contributed by atoms with Crippen LogP contribution in [0.25, 0.3) is 0 Å². The van der Waals surface area contributed by atoms with E-state index in [4.69, 9.17) is 4.74 Å².